The molecule has 14 heavy (non-hydrogen) atoms. The molecular weight excluding hydrogens is 223 g/mol. The maximum atomic E-state index is 5.97. The van der Waals surface area contributed by atoms with Gasteiger partial charge in [0.25, 0.3) is 0 Å². The van der Waals surface area contributed by atoms with Crippen LogP contribution in [-0.2, 0) is 0 Å². The summed E-state index contributed by atoms with van der Waals surface area (Å²) in [5.74, 6) is 0.272. The molecule has 2 rings (SSSR count). The van der Waals surface area contributed by atoms with Crippen LogP contribution in [0.15, 0.2) is 24.5 Å². The van der Waals surface area contributed by atoms with Crippen molar-refractivity contribution in [3.63, 3.8) is 0 Å². The fourth-order valence-electron chi connectivity index (χ4n) is 1.10. The van der Waals surface area contributed by atoms with E-state index in [1.165, 1.54) is 6.33 Å². The average Bonchev–Trinajstić information content (AvgIpc) is 2.56. The first kappa shape index (κ1) is 9.30. The van der Waals surface area contributed by atoms with Crippen molar-refractivity contribution in [2.45, 2.75) is 0 Å². The normalized spacial score (nSPS) is 10.4. The van der Waals surface area contributed by atoms with E-state index in [1.54, 1.807) is 22.8 Å². The molecule has 2 aromatic rings. The lowest BCUT2D eigenvalue weighted by Crippen LogP contribution is -2.00. The summed E-state index contributed by atoms with van der Waals surface area (Å²) in [5, 5.41) is 8.43. The highest BCUT2D eigenvalue weighted by atomic mass is 35.5. The van der Waals surface area contributed by atoms with Crippen LogP contribution in [-0.4, -0.2) is 14.8 Å². The molecule has 0 atom stereocenters. The molecule has 1 aromatic heterocycles. The number of hydrogen-bond acceptors (Lipinski definition) is 3. The number of aromatic nitrogens is 3. The standard InChI is InChI=1S/C8H6Cl2N4/c9-5-1-2-6(10)7(3-5)14-4-12-13-8(14)11/h1-4H,(H2,11,13). The minimum atomic E-state index is 0.272. The summed E-state index contributed by atoms with van der Waals surface area (Å²) in [6.07, 6.45) is 1.48. The Labute approximate surface area is 90.3 Å². The van der Waals surface area contributed by atoms with Crippen molar-refractivity contribution in [3.05, 3.63) is 34.6 Å². The summed E-state index contributed by atoms with van der Waals surface area (Å²) in [6, 6.07) is 5.09. The lowest BCUT2D eigenvalue weighted by Gasteiger charge is -2.05. The van der Waals surface area contributed by atoms with Crippen LogP contribution >= 0.6 is 23.2 Å². The summed E-state index contributed by atoms with van der Waals surface area (Å²) in [5.41, 5.74) is 6.25. The van der Waals surface area contributed by atoms with Gasteiger partial charge in [0, 0.05) is 5.02 Å². The van der Waals surface area contributed by atoms with Crippen molar-refractivity contribution in [2.24, 2.45) is 0 Å². The first-order valence-corrected chi connectivity index (χ1v) is 4.55. The van der Waals surface area contributed by atoms with E-state index in [0.717, 1.165) is 0 Å². The second-order valence-electron chi connectivity index (χ2n) is 2.65. The molecule has 0 unspecified atom stereocenters. The zero-order chi connectivity index (χ0) is 10.1. The molecule has 72 valence electrons. The molecule has 4 nitrogen and oxygen atoms in total. The van der Waals surface area contributed by atoms with E-state index in [-0.39, 0.29) is 5.95 Å². The predicted octanol–water partition coefficient (Wildman–Crippen LogP) is 2.16. The van der Waals surface area contributed by atoms with E-state index in [1.807, 2.05) is 0 Å². The highest BCUT2D eigenvalue weighted by molar-refractivity contribution is 6.34. The van der Waals surface area contributed by atoms with Gasteiger partial charge >= 0.3 is 0 Å². The number of halogens is 2. The van der Waals surface area contributed by atoms with Gasteiger partial charge in [0.15, 0.2) is 0 Å². The van der Waals surface area contributed by atoms with Gasteiger partial charge < -0.3 is 5.73 Å². The van der Waals surface area contributed by atoms with Crippen molar-refractivity contribution in [1.29, 1.82) is 0 Å². The van der Waals surface area contributed by atoms with Gasteiger partial charge in [0.2, 0.25) is 5.95 Å². The van der Waals surface area contributed by atoms with Crippen molar-refractivity contribution >= 4 is 29.2 Å². The second kappa shape index (κ2) is 3.48. The van der Waals surface area contributed by atoms with Crippen molar-refractivity contribution in [1.82, 2.24) is 14.8 Å². The summed E-state index contributed by atoms with van der Waals surface area (Å²) in [6.45, 7) is 0. The van der Waals surface area contributed by atoms with E-state index in [0.29, 0.717) is 15.7 Å². The van der Waals surface area contributed by atoms with E-state index < -0.39 is 0 Å². The molecule has 0 fully saturated rings. The molecule has 0 aliphatic rings. The van der Waals surface area contributed by atoms with E-state index in [2.05, 4.69) is 10.2 Å². The fourth-order valence-corrected chi connectivity index (χ4v) is 1.47. The molecule has 0 spiro atoms. The topological polar surface area (TPSA) is 56.7 Å². The Morgan fingerprint density at radius 3 is 2.71 bits per heavy atom. The maximum Gasteiger partial charge on any atom is 0.226 e. The number of nitrogens with zero attached hydrogens (tertiary/aromatic N) is 3. The number of nitrogens with two attached hydrogens (primary N) is 1. The van der Waals surface area contributed by atoms with Crippen LogP contribution in [0.3, 0.4) is 0 Å². The lowest BCUT2D eigenvalue weighted by molar-refractivity contribution is 1.07. The molecule has 0 amide bonds. The Bertz CT molecular complexity index is 466. The van der Waals surface area contributed by atoms with Crippen LogP contribution in [0.1, 0.15) is 0 Å². The van der Waals surface area contributed by atoms with E-state index in [4.69, 9.17) is 28.9 Å². The smallest absolute Gasteiger partial charge is 0.226 e. The Balaban J connectivity index is 2.62. The number of nitrogen functional groups attached to an aromatic ring is 1. The molecule has 6 heteroatoms. The Morgan fingerprint density at radius 1 is 1.29 bits per heavy atom. The van der Waals surface area contributed by atoms with Crippen molar-refractivity contribution < 1.29 is 0 Å². The minimum absolute atomic E-state index is 0.272. The maximum absolute atomic E-state index is 5.97. The first-order chi connectivity index (χ1) is 6.68. The molecule has 0 aliphatic heterocycles. The fraction of sp³-hybridized carbons (Fsp3) is 0. The van der Waals surface area contributed by atoms with Crippen LogP contribution in [0.25, 0.3) is 5.69 Å². The van der Waals surface area contributed by atoms with E-state index in [9.17, 15) is 0 Å². The second-order valence-corrected chi connectivity index (χ2v) is 3.50. The van der Waals surface area contributed by atoms with Gasteiger partial charge in [0.1, 0.15) is 6.33 Å². The van der Waals surface area contributed by atoms with Gasteiger partial charge in [-0.15, -0.1) is 10.2 Å². The zero-order valence-corrected chi connectivity index (χ0v) is 8.50. The predicted molar refractivity (Wildman–Crippen MR) is 55.8 cm³/mol. The SMILES string of the molecule is Nc1nncn1-c1cc(Cl)ccc1Cl. The van der Waals surface area contributed by atoms with Gasteiger partial charge in [-0.3, -0.25) is 4.57 Å². The quantitative estimate of drug-likeness (QED) is 0.814. The molecule has 1 aromatic carbocycles. The number of anilines is 1. The highest BCUT2D eigenvalue weighted by Gasteiger charge is 2.06. The van der Waals surface area contributed by atoms with Gasteiger partial charge in [-0.2, -0.15) is 0 Å². The number of benzene rings is 1. The zero-order valence-electron chi connectivity index (χ0n) is 6.98. The summed E-state index contributed by atoms with van der Waals surface area (Å²) in [7, 11) is 0. The Morgan fingerprint density at radius 2 is 2.07 bits per heavy atom. The third-order valence-electron chi connectivity index (χ3n) is 1.74. The number of hydrogen-bond donors (Lipinski definition) is 1. The van der Waals surface area contributed by atoms with Crippen molar-refractivity contribution in [3.8, 4) is 5.69 Å². The van der Waals surface area contributed by atoms with Gasteiger partial charge in [-0.05, 0) is 18.2 Å². The van der Waals surface area contributed by atoms with Gasteiger partial charge in [-0.1, -0.05) is 23.2 Å². The molecule has 2 N–H and O–H groups in total. The summed E-state index contributed by atoms with van der Waals surface area (Å²) in [4.78, 5) is 0. The minimum Gasteiger partial charge on any atom is -0.368 e. The summed E-state index contributed by atoms with van der Waals surface area (Å²) >= 11 is 11.8. The monoisotopic (exact) mass is 228 g/mol. The van der Waals surface area contributed by atoms with Crippen molar-refractivity contribution in [2.75, 3.05) is 5.73 Å². The lowest BCUT2D eigenvalue weighted by atomic mass is 10.3. The molecule has 0 aliphatic carbocycles. The molecule has 0 radical (unpaired) electrons. The van der Waals surface area contributed by atoms with Crippen LogP contribution in [0.2, 0.25) is 10.0 Å². The van der Waals surface area contributed by atoms with Crippen LogP contribution in [0.4, 0.5) is 5.95 Å². The summed E-state index contributed by atoms with van der Waals surface area (Å²) < 4.78 is 1.56. The van der Waals surface area contributed by atoms with Crippen LogP contribution in [0, 0.1) is 0 Å². The van der Waals surface area contributed by atoms with Crippen LogP contribution < -0.4 is 5.73 Å². The van der Waals surface area contributed by atoms with Gasteiger partial charge in [-0.25, -0.2) is 0 Å². The van der Waals surface area contributed by atoms with Gasteiger partial charge in [0.05, 0.1) is 10.7 Å². The molecule has 0 bridgehead atoms. The average molecular weight is 229 g/mol. The largest absolute Gasteiger partial charge is 0.368 e. The molecule has 0 saturated heterocycles. The molecular formula is C8H6Cl2N4. The Kier molecular flexibility index (Phi) is 2.31. The third kappa shape index (κ3) is 1.54. The third-order valence-corrected chi connectivity index (χ3v) is 2.30. The molecule has 1 heterocycles. The Hall–Kier alpha value is -1.26. The van der Waals surface area contributed by atoms with Crippen LogP contribution in [0.5, 0.6) is 0 Å². The molecule has 0 saturated carbocycles. The highest BCUT2D eigenvalue weighted by Crippen LogP contribution is 2.25. The number of rotatable bonds is 1. The first-order valence-electron chi connectivity index (χ1n) is 3.79. The van der Waals surface area contributed by atoms with E-state index >= 15 is 0 Å².